The summed E-state index contributed by atoms with van der Waals surface area (Å²) in [6.45, 7) is 11.9. The van der Waals surface area contributed by atoms with Crippen LogP contribution in [0, 0.1) is 11.3 Å². The Hall–Kier alpha value is -2.64. The van der Waals surface area contributed by atoms with E-state index in [4.69, 9.17) is 4.74 Å². The van der Waals surface area contributed by atoms with Crippen LogP contribution in [0.2, 0.25) is 0 Å². The number of amides is 1. The molecule has 34 heavy (non-hydrogen) atoms. The van der Waals surface area contributed by atoms with Crippen LogP contribution < -0.4 is 4.90 Å². The minimum absolute atomic E-state index is 0.131. The van der Waals surface area contributed by atoms with Crippen LogP contribution in [-0.4, -0.2) is 65.4 Å². The van der Waals surface area contributed by atoms with E-state index in [1.807, 2.05) is 13.1 Å². The maximum atomic E-state index is 13.5. The SMILES string of the molecule is CC(C)C(C(=O)N(C)c1ccc2cc(-c3n[nH]c4c3CCC(C)(C)C4)[nH]c2c1)N1CCOCC1. The molecule has 2 aliphatic rings. The zero-order valence-electron chi connectivity index (χ0n) is 21.1. The van der Waals surface area contributed by atoms with Crippen LogP contribution in [0.1, 0.15) is 45.4 Å². The van der Waals surface area contributed by atoms with Gasteiger partial charge in [-0.15, -0.1) is 0 Å². The van der Waals surface area contributed by atoms with E-state index in [-0.39, 0.29) is 17.9 Å². The summed E-state index contributed by atoms with van der Waals surface area (Å²) in [5.74, 6) is 0.358. The Morgan fingerprint density at radius 1 is 1.21 bits per heavy atom. The summed E-state index contributed by atoms with van der Waals surface area (Å²) in [6, 6.07) is 8.23. The first-order valence-corrected chi connectivity index (χ1v) is 12.5. The highest BCUT2D eigenvalue weighted by atomic mass is 16.5. The molecule has 1 aliphatic carbocycles. The number of fused-ring (bicyclic) bond motifs is 2. The number of hydrogen-bond acceptors (Lipinski definition) is 4. The Kier molecular flexibility index (Phi) is 6.02. The number of hydrogen-bond donors (Lipinski definition) is 2. The van der Waals surface area contributed by atoms with E-state index in [9.17, 15) is 4.79 Å². The molecule has 1 unspecified atom stereocenters. The van der Waals surface area contributed by atoms with Gasteiger partial charge in [-0.05, 0) is 48.8 Å². The highest BCUT2D eigenvalue weighted by Gasteiger charge is 2.33. The molecule has 0 bridgehead atoms. The first kappa shape index (κ1) is 23.1. The summed E-state index contributed by atoms with van der Waals surface area (Å²) in [7, 11) is 1.88. The Bertz CT molecular complexity index is 1190. The number of ether oxygens (including phenoxy) is 1. The predicted octanol–water partition coefficient (Wildman–Crippen LogP) is 4.39. The highest BCUT2D eigenvalue weighted by molar-refractivity contribution is 5.99. The van der Waals surface area contributed by atoms with E-state index >= 15 is 0 Å². The molecule has 3 heterocycles. The minimum Gasteiger partial charge on any atom is -0.379 e. The second kappa shape index (κ2) is 8.86. The van der Waals surface area contributed by atoms with E-state index in [0.29, 0.717) is 18.6 Å². The lowest BCUT2D eigenvalue weighted by Crippen LogP contribution is -2.54. The van der Waals surface area contributed by atoms with Crippen molar-refractivity contribution in [1.29, 1.82) is 0 Å². The van der Waals surface area contributed by atoms with Gasteiger partial charge in [0.25, 0.3) is 0 Å². The average Bonchev–Trinajstić information content (AvgIpc) is 3.41. The van der Waals surface area contributed by atoms with Gasteiger partial charge in [-0.3, -0.25) is 14.8 Å². The Balaban J connectivity index is 1.41. The third-order valence-corrected chi connectivity index (χ3v) is 7.56. The van der Waals surface area contributed by atoms with E-state index < -0.39 is 0 Å². The van der Waals surface area contributed by atoms with Crippen molar-refractivity contribution in [3.8, 4) is 11.4 Å². The number of benzene rings is 1. The molecule has 5 rings (SSSR count). The number of nitrogens with one attached hydrogen (secondary N) is 2. The van der Waals surface area contributed by atoms with E-state index in [1.165, 1.54) is 17.7 Å². The lowest BCUT2D eigenvalue weighted by molar-refractivity contribution is -0.127. The molecular weight excluding hydrogens is 426 g/mol. The van der Waals surface area contributed by atoms with Crippen LogP contribution in [-0.2, 0) is 22.4 Å². The maximum Gasteiger partial charge on any atom is 0.244 e. The van der Waals surface area contributed by atoms with Gasteiger partial charge in [-0.2, -0.15) is 5.10 Å². The van der Waals surface area contributed by atoms with Crippen LogP contribution in [0.4, 0.5) is 5.69 Å². The maximum absolute atomic E-state index is 13.5. The number of H-pyrrole nitrogens is 2. The monoisotopic (exact) mass is 463 g/mol. The molecular formula is C27H37N5O2. The normalized spacial score (nSPS) is 19.4. The largest absolute Gasteiger partial charge is 0.379 e. The molecule has 3 aromatic rings. The zero-order chi connectivity index (χ0) is 24.0. The number of likely N-dealkylation sites (N-methyl/N-ethyl adjacent to an activating group) is 1. The zero-order valence-corrected chi connectivity index (χ0v) is 21.1. The minimum atomic E-state index is -0.149. The van der Waals surface area contributed by atoms with Gasteiger partial charge in [0.05, 0.1) is 24.9 Å². The summed E-state index contributed by atoms with van der Waals surface area (Å²) in [5, 5.41) is 9.09. The summed E-state index contributed by atoms with van der Waals surface area (Å²) < 4.78 is 5.50. The second-order valence-corrected chi connectivity index (χ2v) is 11.1. The first-order chi connectivity index (χ1) is 16.2. The summed E-state index contributed by atoms with van der Waals surface area (Å²) in [6.07, 6.45) is 3.25. The number of nitrogens with zero attached hydrogens (tertiary/aromatic N) is 3. The molecule has 1 aliphatic heterocycles. The molecule has 0 saturated carbocycles. The third kappa shape index (κ3) is 4.27. The van der Waals surface area contributed by atoms with Gasteiger partial charge in [0, 0.05) is 48.0 Å². The van der Waals surface area contributed by atoms with Crippen LogP contribution in [0.5, 0.6) is 0 Å². The highest BCUT2D eigenvalue weighted by Crippen LogP contribution is 2.38. The standard InChI is InChI=1S/C27H37N5O2/c1-17(2)25(32-10-12-34-13-11-32)26(33)31(5)19-7-6-18-14-22(28-21(18)15-19)24-20-8-9-27(3,4)16-23(20)29-30-24/h6-7,14-15,17,25,28H,8-13,16H2,1-5H3,(H,29,30). The fourth-order valence-electron chi connectivity index (χ4n) is 5.57. The van der Waals surface area contributed by atoms with Crippen molar-refractivity contribution in [2.45, 2.75) is 53.0 Å². The predicted molar refractivity (Wildman–Crippen MR) is 136 cm³/mol. The quantitative estimate of drug-likeness (QED) is 0.588. The first-order valence-electron chi connectivity index (χ1n) is 12.5. The molecule has 0 spiro atoms. The Morgan fingerprint density at radius 3 is 2.71 bits per heavy atom. The molecule has 2 aromatic heterocycles. The van der Waals surface area contributed by atoms with Gasteiger partial charge < -0.3 is 14.6 Å². The molecule has 1 saturated heterocycles. The van der Waals surface area contributed by atoms with Gasteiger partial charge in [0.1, 0.15) is 5.69 Å². The Morgan fingerprint density at radius 2 is 1.97 bits per heavy atom. The molecule has 2 N–H and O–H groups in total. The van der Waals surface area contributed by atoms with Crippen LogP contribution in [0.25, 0.3) is 22.3 Å². The van der Waals surface area contributed by atoms with Crippen molar-refractivity contribution in [3.63, 3.8) is 0 Å². The summed E-state index contributed by atoms with van der Waals surface area (Å²) >= 11 is 0. The van der Waals surface area contributed by atoms with Crippen molar-refractivity contribution < 1.29 is 9.53 Å². The van der Waals surface area contributed by atoms with Crippen LogP contribution >= 0.6 is 0 Å². The van der Waals surface area contributed by atoms with Crippen LogP contribution in [0.3, 0.4) is 0 Å². The van der Waals surface area contributed by atoms with E-state index in [2.05, 4.69) is 66.0 Å². The fraction of sp³-hybridized carbons (Fsp3) is 0.556. The van der Waals surface area contributed by atoms with Gasteiger partial charge in [-0.1, -0.05) is 33.8 Å². The second-order valence-electron chi connectivity index (χ2n) is 11.1. The molecule has 1 atom stereocenters. The van der Waals surface area contributed by atoms with Gasteiger partial charge in [-0.25, -0.2) is 0 Å². The lowest BCUT2D eigenvalue weighted by Gasteiger charge is -2.37. The molecule has 182 valence electrons. The summed E-state index contributed by atoms with van der Waals surface area (Å²) in [5.41, 5.74) is 6.90. The van der Waals surface area contributed by atoms with Gasteiger partial charge >= 0.3 is 0 Å². The third-order valence-electron chi connectivity index (χ3n) is 7.56. The number of anilines is 1. The summed E-state index contributed by atoms with van der Waals surface area (Å²) in [4.78, 5) is 21.2. The molecule has 0 radical (unpaired) electrons. The van der Waals surface area contributed by atoms with Crippen LogP contribution in [0.15, 0.2) is 24.3 Å². The average molecular weight is 464 g/mol. The molecule has 7 heteroatoms. The van der Waals surface area contributed by atoms with Crippen molar-refractivity contribution in [1.82, 2.24) is 20.1 Å². The number of aromatic amines is 2. The Labute approximate surface area is 201 Å². The number of aromatic nitrogens is 3. The molecule has 1 amide bonds. The lowest BCUT2D eigenvalue weighted by atomic mass is 9.76. The molecule has 7 nitrogen and oxygen atoms in total. The van der Waals surface area contributed by atoms with Crippen molar-refractivity contribution >= 4 is 22.5 Å². The molecule has 1 aromatic carbocycles. The fourth-order valence-corrected chi connectivity index (χ4v) is 5.57. The van der Waals surface area contributed by atoms with Crippen molar-refractivity contribution in [2.24, 2.45) is 11.3 Å². The number of carbonyl (C=O) groups is 1. The topological polar surface area (TPSA) is 77.2 Å². The number of carbonyl (C=O) groups excluding carboxylic acids is 1. The van der Waals surface area contributed by atoms with Crippen molar-refractivity contribution in [2.75, 3.05) is 38.3 Å². The van der Waals surface area contributed by atoms with Crippen molar-refractivity contribution in [3.05, 3.63) is 35.5 Å². The molecule has 1 fully saturated rings. The van der Waals surface area contributed by atoms with E-state index in [0.717, 1.165) is 53.9 Å². The smallest absolute Gasteiger partial charge is 0.244 e. The number of morpholine rings is 1. The van der Waals surface area contributed by atoms with Gasteiger partial charge in [0.2, 0.25) is 5.91 Å². The number of rotatable bonds is 5. The van der Waals surface area contributed by atoms with E-state index in [1.54, 1.807) is 4.90 Å². The van der Waals surface area contributed by atoms with Gasteiger partial charge in [0.15, 0.2) is 0 Å².